The number of rotatable bonds is 2. The Morgan fingerprint density at radius 2 is 1.81 bits per heavy atom. The molecule has 4 heteroatoms. The van der Waals surface area contributed by atoms with E-state index >= 15 is 0 Å². The molecule has 2 atom stereocenters. The summed E-state index contributed by atoms with van der Waals surface area (Å²) in [6.45, 7) is 8.26. The van der Waals surface area contributed by atoms with Crippen molar-refractivity contribution in [3.63, 3.8) is 0 Å². The Morgan fingerprint density at radius 3 is 2.43 bits per heavy atom. The second-order valence-electron chi connectivity index (χ2n) is 7.03. The quantitative estimate of drug-likeness (QED) is 0.920. The second-order valence-corrected chi connectivity index (χ2v) is 7.03. The summed E-state index contributed by atoms with van der Waals surface area (Å²) in [6.07, 6.45) is 3.62. The smallest absolute Gasteiger partial charge is 0.0890 e. The molecule has 0 radical (unpaired) electrons. The van der Waals surface area contributed by atoms with Crippen LogP contribution in [0.5, 0.6) is 0 Å². The van der Waals surface area contributed by atoms with Crippen LogP contribution in [-0.2, 0) is 4.74 Å². The predicted octanol–water partition coefficient (Wildman–Crippen LogP) is 3.26. The van der Waals surface area contributed by atoms with Gasteiger partial charge >= 0.3 is 0 Å². The van der Waals surface area contributed by atoms with Gasteiger partial charge in [-0.2, -0.15) is 0 Å². The highest BCUT2D eigenvalue weighted by atomic mass is 16.5. The van der Waals surface area contributed by atoms with Gasteiger partial charge in [-0.3, -0.25) is 9.97 Å². The van der Waals surface area contributed by atoms with E-state index in [0.717, 1.165) is 23.0 Å². The summed E-state index contributed by atoms with van der Waals surface area (Å²) in [5, 5.41) is 10.8. The molecule has 0 bridgehead atoms. The van der Waals surface area contributed by atoms with E-state index in [1.54, 1.807) is 12.4 Å². The second kappa shape index (κ2) is 4.75. The molecule has 0 aliphatic carbocycles. The summed E-state index contributed by atoms with van der Waals surface area (Å²) in [6, 6.07) is 5.77. The third-order valence-corrected chi connectivity index (χ3v) is 4.36. The number of nitrogens with zero attached hydrogens (tertiary/aromatic N) is 2. The molecule has 1 aromatic carbocycles. The maximum Gasteiger partial charge on any atom is 0.0890 e. The highest BCUT2D eigenvalue weighted by Crippen LogP contribution is 2.47. The Hall–Kier alpha value is -1.52. The zero-order valence-corrected chi connectivity index (χ0v) is 13.0. The lowest BCUT2D eigenvalue weighted by Crippen LogP contribution is -2.32. The van der Waals surface area contributed by atoms with Gasteiger partial charge in [0.25, 0.3) is 0 Å². The maximum atomic E-state index is 10.8. The summed E-state index contributed by atoms with van der Waals surface area (Å²) in [5.74, 6) is 0.0571. The molecule has 1 aliphatic heterocycles. The van der Waals surface area contributed by atoms with Gasteiger partial charge in [0, 0.05) is 18.3 Å². The summed E-state index contributed by atoms with van der Waals surface area (Å²) in [4.78, 5) is 8.57. The van der Waals surface area contributed by atoms with Crippen molar-refractivity contribution in [3.8, 4) is 0 Å². The first-order valence-corrected chi connectivity index (χ1v) is 7.37. The van der Waals surface area contributed by atoms with Gasteiger partial charge in [0.1, 0.15) is 0 Å². The average molecular weight is 286 g/mol. The van der Waals surface area contributed by atoms with E-state index in [1.165, 1.54) is 0 Å². The van der Waals surface area contributed by atoms with E-state index in [2.05, 4.69) is 37.7 Å². The molecule has 1 fully saturated rings. The Morgan fingerprint density at radius 1 is 1.14 bits per heavy atom. The van der Waals surface area contributed by atoms with Gasteiger partial charge in [0.2, 0.25) is 0 Å². The fourth-order valence-electron chi connectivity index (χ4n) is 3.49. The van der Waals surface area contributed by atoms with Crippen LogP contribution < -0.4 is 0 Å². The highest BCUT2D eigenvalue weighted by molar-refractivity contribution is 5.74. The molecule has 1 N–H and O–H groups in total. The third kappa shape index (κ3) is 2.65. The lowest BCUT2D eigenvalue weighted by atomic mass is 9.80. The third-order valence-electron chi connectivity index (χ3n) is 4.36. The number of hydrogen-bond acceptors (Lipinski definition) is 4. The fourth-order valence-corrected chi connectivity index (χ4v) is 3.49. The van der Waals surface area contributed by atoms with Crippen molar-refractivity contribution in [2.45, 2.75) is 51.4 Å². The normalized spacial score (nSPS) is 25.1. The molecule has 0 saturated carbocycles. The van der Waals surface area contributed by atoms with Crippen LogP contribution in [-0.4, -0.2) is 26.3 Å². The van der Waals surface area contributed by atoms with Crippen LogP contribution in [0.2, 0.25) is 0 Å². The van der Waals surface area contributed by atoms with Crippen molar-refractivity contribution in [1.29, 1.82) is 0 Å². The summed E-state index contributed by atoms with van der Waals surface area (Å²) < 4.78 is 6.09. The number of benzene rings is 1. The average Bonchev–Trinajstić information content (AvgIpc) is 2.65. The molecule has 1 saturated heterocycles. The summed E-state index contributed by atoms with van der Waals surface area (Å²) in [7, 11) is 0. The topological polar surface area (TPSA) is 55.2 Å². The summed E-state index contributed by atoms with van der Waals surface area (Å²) >= 11 is 0. The molecule has 4 nitrogen and oxygen atoms in total. The Kier molecular flexibility index (Phi) is 3.26. The van der Waals surface area contributed by atoms with Crippen LogP contribution in [0.15, 0.2) is 30.6 Å². The monoisotopic (exact) mass is 286 g/mol. The summed E-state index contributed by atoms with van der Waals surface area (Å²) in [5.41, 5.74) is 1.98. The Bertz CT molecular complexity index is 667. The number of hydrogen-bond donors (Lipinski definition) is 1. The lowest BCUT2D eigenvalue weighted by Gasteiger charge is -2.30. The largest absolute Gasteiger partial charge is 0.388 e. The lowest BCUT2D eigenvalue weighted by molar-refractivity contribution is -0.0880. The van der Waals surface area contributed by atoms with Crippen LogP contribution in [0.25, 0.3) is 11.0 Å². The molecular weight excluding hydrogens is 264 g/mol. The predicted molar refractivity (Wildman–Crippen MR) is 81.8 cm³/mol. The molecule has 21 heavy (non-hydrogen) atoms. The van der Waals surface area contributed by atoms with Crippen LogP contribution in [0.3, 0.4) is 0 Å². The zero-order valence-electron chi connectivity index (χ0n) is 13.0. The van der Waals surface area contributed by atoms with Gasteiger partial charge in [0.05, 0.1) is 28.3 Å². The first-order chi connectivity index (χ1) is 9.78. The van der Waals surface area contributed by atoms with Crippen LogP contribution in [0.1, 0.15) is 45.8 Å². The van der Waals surface area contributed by atoms with E-state index < -0.39 is 6.10 Å². The van der Waals surface area contributed by atoms with Gasteiger partial charge in [-0.15, -0.1) is 0 Å². The van der Waals surface area contributed by atoms with E-state index in [9.17, 15) is 5.11 Å². The van der Waals surface area contributed by atoms with Crippen molar-refractivity contribution in [3.05, 3.63) is 36.2 Å². The number of aliphatic hydroxyl groups excluding tert-OH is 1. The van der Waals surface area contributed by atoms with Crippen LogP contribution in [0, 0.1) is 5.92 Å². The van der Waals surface area contributed by atoms with Crippen molar-refractivity contribution in [2.24, 2.45) is 5.92 Å². The fraction of sp³-hybridized carbons (Fsp3) is 0.529. The minimum Gasteiger partial charge on any atom is -0.388 e. The number of fused-ring (bicyclic) bond motifs is 1. The molecule has 0 amide bonds. The first-order valence-electron chi connectivity index (χ1n) is 7.37. The highest BCUT2D eigenvalue weighted by Gasteiger charge is 2.49. The molecule has 2 aromatic rings. The van der Waals surface area contributed by atoms with Crippen molar-refractivity contribution in [1.82, 2.24) is 9.97 Å². The van der Waals surface area contributed by atoms with Crippen LogP contribution >= 0.6 is 0 Å². The molecule has 112 valence electrons. The molecular formula is C17H22N2O2. The van der Waals surface area contributed by atoms with Crippen molar-refractivity contribution >= 4 is 11.0 Å². The van der Waals surface area contributed by atoms with Crippen molar-refractivity contribution < 1.29 is 9.84 Å². The van der Waals surface area contributed by atoms with Gasteiger partial charge in [0.15, 0.2) is 0 Å². The molecule has 1 aliphatic rings. The van der Waals surface area contributed by atoms with Gasteiger partial charge in [-0.1, -0.05) is 6.07 Å². The van der Waals surface area contributed by atoms with E-state index in [4.69, 9.17) is 4.74 Å². The maximum absolute atomic E-state index is 10.8. The zero-order chi connectivity index (χ0) is 15.3. The van der Waals surface area contributed by atoms with Gasteiger partial charge in [-0.25, -0.2) is 0 Å². The standard InChI is InChI=1S/C17H22N2O2/c1-16(2)10-12(17(3,4)21-16)15(20)11-5-6-13-14(9-11)19-8-7-18-13/h5-9,12,15,20H,10H2,1-4H3. The molecule has 1 aromatic heterocycles. The minimum absolute atomic E-state index is 0.0571. The minimum atomic E-state index is -0.562. The first kappa shape index (κ1) is 14.4. The molecule has 0 spiro atoms. The van der Waals surface area contributed by atoms with Crippen molar-refractivity contribution in [2.75, 3.05) is 0 Å². The number of aromatic nitrogens is 2. The van der Waals surface area contributed by atoms with Gasteiger partial charge in [-0.05, 0) is 51.8 Å². The van der Waals surface area contributed by atoms with Gasteiger partial charge < -0.3 is 9.84 Å². The number of aliphatic hydroxyl groups is 1. The molecule has 2 heterocycles. The van der Waals surface area contributed by atoms with E-state index in [-0.39, 0.29) is 17.1 Å². The molecule has 3 rings (SSSR count). The molecule has 2 unspecified atom stereocenters. The number of ether oxygens (including phenoxy) is 1. The SMILES string of the molecule is CC1(C)CC(C(O)c2ccc3nccnc3c2)C(C)(C)O1. The van der Waals surface area contributed by atoms with Crippen LogP contribution in [0.4, 0.5) is 0 Å². The Balaban J connectivity index is 1.95. The Labute approximate surface area is 125 Å². The van der Waals surface area contributed by atoms with E-state index in [0.29, 0.717) is 0 Å². The van der Waals surface area contributed by atoms with E-state index in [1.807, 2.05) is 18.2 Å².